The number of carboxylic acid groups (broad SMARTS) is 1. The van der Waals surface area contributed by atoms with Crippen LogP contribution in [0.5, 0.6) is 0 Å². The number of aliphatic hydroxyl groups is 3. The number of carbonyl (C=O) groups excluding carboxylic acids is 1. The number of carbonyl (C=O) groups is 1. The fraction of sp³-hybridized carbons (Fsp3) is 0.783. The van der Waals surface area contributed by atoms with Gasteiger partial charge in [0.05, 0.1) is 19.1 Å². The number of rotatable bonds is 18. The van der Waals surface area contributed by atoms with Crippen molar-refractivity contribution in [2.75, 3.05) is 32.8 Å². The lowest BCUT2D eigenvalue weighted by molar-refractivity contribution is -0.936. The van der Waals surface area contributed by atoms with Gasteiger partial charge in [-0.2, -0.15) is 0 Å². The van der Waals surface area contributed by atoms with Gasteiger partial charge in [0.25, 0.3) is 0 Å². The summed E-state index contributed by atoms with van der Waals surface area (Å²) < 4.78 is 0.161. The maximum atomic E-state index is 11.5. The van der Waals surface area contributed by atoms with Crippen LogP contribution in [0.4, 0.5) is 0 Å². The first-order valence-electron chi connectivity index (χ1n) is 11.2. The minimum atomic E-state index is -1.12. The predicted octanol–water partition coefficient (Wildman–Crippen LogP) is 1.79. The zero-order valence-corrected chi connectivity index (χ0v) is 18.6. The summed E-state index contributed by atoms with van der Waals surface area (Å²) in [6, 6.07) is 0. The van der Waals surface area contributed by atoms with Crippen LogP contribution in [0.25, 0.3) is 0 Å². The predicted molar refractivity (Wildman–Crippen MR) is 115 cm³/mol. The van der Waals surface area contributed by atoms with E-state index in [2.05, 4.69) is 13.8 Å². The fourth-order valence-corrected chi connectivity index (χ4v) is 3.67. The van der Waals surface area contributed by atoms with E-state index in [-0.39, 0.29) is 37.3 Å². The highest BCUT2D eigenvalue weighted by molar-refractivity contribution is 5.67. The molecule has 6 heteroatoms. The average molecular weight is 414 g/mol. The molecule has 0 aromatic rings. The Morgan fingerprint density at radius 3 is 1.72 bits per heavy atom. The number of unbranched alkanes of at least 4 members (excludes halogenated alkanes) is 2. The fourth-order valence-electron chi connectivity index (χ4n) is 3.67. The van der Waals surface area contributed by atoms with Crippen molar-refractivity contribution in [1.82, 2.24) is 0 Å². The molecule has 0 aliphatic carbocycles. The van der Waals surface area contributed by atoms with Gasteiger partial charge in [0, 0.05) is 5.92 Å². The number of carboxylic acids is 1. The van der Waals surface area contributed by atoms with E-state index in [1.54, 1.807) is 6.92 Å². The summed E-state index contributed by atoms with van der Waals surface area (Å²) in [7, 11) is 0. The van der Waals surface area contributed by atoms with Crippen molar-refractivity contribution < 1.29 is 29.7 Å². The van der Waals surface area contributed by atoms with Gasteiger partial charge in [0.15, 0.2) is 0 Å². The van der Waals surface area contributed by atoms with Crippen molar-refractivity contribution in [2.45, 2.75) is 77.9 Å². The maximum Gasteiger partial charge on any atom is 0.106 e. The Labute approximate surface area is 177 Å². The first kappa shape index (κ1) is 27.8. The van der Waals surface area contributed by atoms with Crippen LogP contribution in [-0.2, 0) is 4.79 Å². The molecule has 0 aliphatic rings. The molecule has 170 valence electrons. The highest BCUT2D eigenvalue weighted by Crippen LogP contribution is 2.19. The standard InChI is InChI=1S/C23H43NO5/c1-4-7-9-11-13-21(26)18-24(15-16-25,17-20(6-3)23(28)29)19-22(27)14-12-10-8-5-2/h9-12,20-22,25-27H,4-8,13-19H2,1-3H3/b11-9+,12-10+. The molecular formula is C23H43NO5. The molecule has 6 nitrogen and oxygen atoms in total. The van der Waals surface area contributed by atoms with Crippen molar-refractivity contribution in [2.24, 2.45) is 5.92 Å². The molecule has 0 aliphatic heterocycles. The molecular weight excluding hydrogens is 370 g/mol. The van der Waals surface area contributed by atoms with Gasteiger partial charge in [-0.05, 0) is 32.1 Å². The number of aliphatic hydroxyl groups excluding tert-OH is 3. The highest BCUT2D eigenvalue weighted by atomic mass is 16.4. The van der Waals surface area contributed by atoms with Crippen LogP contribution in [0.1, 0.15) is 65.7 Å². The van der Waals surface area contributed by atoms with E-state index in [1.807, 2.05) is 24.3 Å². The Hall–Kier alpha value is -1.21. The number of aliphatic carboxylic acids is 1. The minimum Gasteiger partial charge on any atom is -0.550 e. The number of allylic oxidation sites excluding steroid dienone is 2. The summed E-state index contributed by atoms with van der Waals surface area (Å²) in [5.74, 6) is -1.81. The average Bonchev–Trinajstić information content (AvgIpc) is 2.66. The highest BCUT2D eigenvalue weighted by Gasteiger charge is 2.35. The Balaban J connectivity index is 5.37. The summed E-state index contributed by atoms with van der Waals surface area (Å²) in [6.07, 6.45) is 12.0. The van der Waals surface area contributed by atoms with Crippen molar-refractivity contribution in [3.8, 4) is 0 Å². The topological polar surface area (TPSA) is 101 Å². The first-order valence-corrected chi connectivity index (χ1v) is 11.2. The van der Waals surface area contributed by atoms with Crippen molar-refractivity contribution in [1.29, 1.82) is 0 Å². The molecule has 3 unspecified atom stereocenters. The van der Waals surface area contributed by atoms with E-state index < -0.39 is 24.1 Å². The summed E-state index contributed by atoms with van der Waals surface area (Å²) in [6.45, 7) is 6.92. The van der Waals surface area contributed by atoms with Crippen LogP contribution >= 0.6 is 0 Å². The van der Waals surface area contributed by atoms with Crippen LogP contribution in [0, 0.1) is 5.92 Å². The molecule has 0 heterocycles. The summed E-state index contributed by atoms with van der Waals surface area (Å²) >= 11 is 0. The third kappa shape index (κ3) is 12.9. The number of hydrogen-bond acceptors (Lipinski definition) is 5. The van der Waals surface area contributed by atoms with Gasteiger partial charge < -0.3 is 29.7 Å². The molecule has 0 spiro atoms. The molecule has 0 aromatic carbocycles. The molecule has 0 amide bonds. The van der Waals surface area contributed by atoms with Gasteiger partial charge in [0.1, 0.15) is 31.8 Å². The normalized spacial score (nSPS) is 17.4. The number of hydrogen-bond donors (Lipinski definition) is 3. The van der Waals surface area contributed by atoms with Gasteiger partial charge in [-0.25, -0.2) is 0 Å². The summed E-state index contributed by atoms with van der Waals surface area (Å²) in [5.41, 5.74) is 0. The second kappa shape index (κ2) is 16.6. The molecule has 0 bridgehead atoms. The largest absolute Gasteiger partial charge is 0.550 e. The molecule has 29 heavy (non-hydrogen) atoms. The van der Waals surface area contributed by atoms with Crippen LogP contribution in [0.2, 0.25) is 0 Å². The minimum absolute atomic E-state index is 0.139. The Morgan fingerprint density at radius 1 is 0.897 bits per heavy atom. The summed E-state index contributed by atoms with van der Waals surface area (Å²) in [4.78, 5) is 11.5. The third-order valence-electron chi connectivity index (χ3n) is 5.26. The van der Waals surface area contributed by atoms with Crippen LogP contribution < -0.4 is 5.11 Å². The second-order valence-electron chi connectivity index (χ2n) is 8.06. The molecule has 0 saturated heterocycles. The lowest BCUT2D eigenvalue weighted by Gasteiger charge is -2.43. The van der Waals surface area contributed by atoms with Crippen LogP contribution in [0.3, 0.4) is 0 Å². The van der Waals surface area contributed by atoms with E-state index >= 15 is 0 Å². The first-order chi connectivity index (χ1) is 13.8. The van der Waals surface area contributed by atoms with E-state index in [9.17, 15) is 25.2 Å². The second-order valence-corrected chi connectivity index (χ2v) is 8.06. The molecule has 3 N–H and O–H groups in total. The Bertz CT molecular complexity index is 452. The molecule has 0 radical (unpaired) electrons. The van der Waals surface area contributed by atoms with E-state index in [0.29, 0.717) is 19.3 Å². The van der Waals surface area contributed by atoms with Crippen molar-refractivity contribution in [3.05, 3.63) is 24.3 Å². The molecule has 0 aromatic heterocycles. The molecule has 0 fully saturated rings. The van der Waals surface area contributed by atoms with Crippen LogP contribution in [-0.4, -0.2) is 70.8 Å². The lowest BCUT2D eigenvalue weighted by atomic mass is 10.0. The van der Waals surface area contributed by atoms with E-state index in [4.69, 9.17) is 0 Å². The maximum absolute atomic E-state index is 11.5. The number of quaternary nitrogens is 1. The van der Waals surface area contributed by atoms with Gasteiger partial charge in [0.2, 0.25) is 0 Å². The number of nitrogens with zero attached hydrogens (tertiary/aromatic N) is 1. The van der Waals surface area contributed by atoms with Gasteiger partial charge in [-0.15, -0.1) is 0 Å². The quantitative estimate of drug-likeness (QED) is 0.235. The van der Waals surface area contributed by atoms with E-state index in [0.717, 1.165) is 25.7 Å². The van der Waals surface area contributed by atoms with Gasteiger partial charge in [-0.3, -0.25) is 0 Å². The Kier molecular flexibility index (Phi) is 15.9. The van der Waals surface area contributed by atoms with Crippen LogP contribution in [0.15, 0.2) is 24.3 Å². The smallest absolute Gasteiger partial charge is 0.106 e. The molecule has 3 atom stereocenters. The zero-order valence-electron chi connectivity index (χ0n) is 18.6. The van der Waals surface area contributed by atoms with Gasteiger partial charge >= 0.3 is 0 Å². The SMILES string of the molecule is CCC/C=C/CC(O)C[N+](CCO)(CC(O)C/C=C/CCC)CC(CC)C(=O)[O-]. The molecule has 0 rings (SSSR count). The monoisotopic (exact) mass is 413 g/mol. The zero-order chi connectivity index (χ0) is 22.1. The summed E-state index contributed by atoms with van der Waals surface area (Å²) in [5, 5.41) is 42.4. The van der Waals surface area contributed by atoms with E-state index in [1.165, 1.54) is 0 Å². The third-order valence-corrected chi connectivity index (χ3v) is 5.26. The lowest BCUT2D eigenvalue weighted by Crippen LogP contribution is -2.60. The molecule has 0 saturated carbocycles. The Morgan fingerprint density at radius 2 is 1.38 bits per heavy atom. The van der Waals surface area contributed by atoms with Crippen molar-refractivity contribution >= 4 is 5.97 Å². The van der Waals surface area contributed by atoms with Gasteiger partial charge in [-0.1, -0.05) is 57.9 Å². The van der Waals surface area contributed by atoms with Crippen molar-refractivity contribution in [3.63, 3.8) is 0 Å².